The van der Waals surface area contributed by atoms with Gasteiger partial charge in [-0.05, 0) is 45.1 Å². The fourth-order valence-electron chi connectivity index (χ4n) is 4.92. The summed E-state index contributed by atoms with van der Waals surface area (Å²) in [5.74, 6) is 2.72. The molecule has 24 heavy (non-hydrogen) atoms. The fraction of sp³-hybridized carbons (Fsp3) is 0.833. The molecule has 132 valence electrons. The molecule has 6 heteroatoms. The monoisotopic (exact) mass is 331 g/mol. The molecule has 6 nitrogen and oxygen atoms in total. The molecule has 3 heterocycles. The number of rotatable bonds is 3. The summed E-state index contributed by atoms with van der Waals surface area (Å²) in [6.07, 6.45) is 9.23. The number of hydrogen-bond acceptors (Lipinski definition) is 4. The van der Waals surface area contributed by atoms with Gasteiger partial charge in [0.1, 0.15) is 5.82 Å². The first-order valence-electron chi connectivity index (χ1n) is 9.64. The summed E-state index contributed by atoms with van der Waals surface area (Å²) in [6.45, 7) is 4.85. The smallest absolute Gasteiger partial charge is 0.228 e. The zero-order valence-electron chi connectivity index (χ0n) is 14.7. The first kappa shape index (κ1) is 16.1. The molecule has 0 unspecified atom stereocenters. The van der Waals surface area contributed by atoms with Crippen LogP contribution >= 0.6 is 0 Å². The summed E-state index contributed by atoms with van der Waals surface area (Å²) in [5.41, 5.74) is -0.200. The highest BCUT2D eigenvalue weighted by molar-refractivity contribution is 5.84. The van der Waals surface area contributed by atoms with E-state index in [2.05, 4.69) is 32.3 Å². The second kappa shape index (κ2) is 6.47. The molecule has 1 saturated heterocycles. The van der Waals surface area contributed by atoms with E-state index in [1.807, 2.05) is 0 Å². The molecule has 1 aromatic rings. The number of amides is 1. The topological polar surface area (TPSA) is 71.8 Å². The summed E-state index contributed by atoms with van der Waals surface area (Å²) >= 11 is 0. The Balaban J connectivity index is 1.51. The highest BCUT2D eigenvalue weighted by atomic mass is 16.2. The number of hydrogen-bond donors (Lipinski definition) is 2. The Morgan fingerprint density at radius 3 is 3.12 bits per heavy atom. The Labute approximate surface area is 143 Å². The van der Waals surface area contributed by atoms with E-state index in [1.54, 1.807) is 0 Å². The number of carbonyl (C=O) groups is 1. The largest absolute Gasteiger partial charge is 0.346 e. The quantitative estimate of drug-likeness (QED) is 0.888. The lowest BCUT2D eigenvalue weighted by atomic mass is 9.67. The standard InChI is InChI=1S/C18H29N5O/c1-13(16-22-21-15-8-3-2-6-10-23(15)16)20-17(24)18-9-5-4-7-14(18)11-19-12-18/h13-14,19H,2-12H2,1H3,(H,20,24)/t13-,14+,18-/m1/s1. The second-order valence-corrected chi connectivity index (χ2v) is 7.86. The van der Waals surface area contributed by atoms with Crippen LogP contribution in [0.5, 0.6) is 0 Å². The molecule has 1 saturated carbocycles. The molecule has 1 aromatic heterocycles. The number of nitrogens with zero attached hydrogens (tertiary/aromatic N) is 3. The molecule has 0 radical (unpaired) electrons. The predicted molar refractivity (Wildman–Crippen MR) is 91.4 cm³/mol. The third-order valence-electron chi connectivity index (χ3n) is 6.36. The van der Waals surface area contributed by atoms with E-state index in [-0.39, 0.29) is 17.4 Å². The first-order valence-corrected chi connectivity index (χ1v) is 9.64. The van der Waals surface area contributed by atoms with Crippen molar-refractivity contribution >= 4 is 5.91 Å². The molecular weight excluding hydrogens is 302 g/mol. The average molecular weight is 331 g/mol. The van der Waals surface area contributed by atoms with Gasteiger partial charge < -0.3 is 15.2 Å². The van der Waals surface area contributed by atoms with Crippen molar-refractivity contribution in [3.8, 4) is 0 Å². The summed E-state index contributed by atoms with van der Waals surface area (Å²) in [6, 6.07) is -0.0746. The maximum Gasteiger partial charge on any atom is 0.228 e. The number of aromatic nitrogens is 3. The number of aryl methyl sites for hydroxylation is 1. The minimum atomic E-state index is -0.200. The van der Waals surface area contributed by atoms with E-state index in [0.717, 1.165) is 44.1 Å². The third-order valence-corrected chi connectivity index (χ3v) is 6.36. The lowest BCUT2D eigenvalue weighted by Gasteiger charge is -2.37. The SMILES string of the molecule is C[C@@H](NC(=O)[C@@]12CCCC[C@H]1CNC2)c1nnc2n1CCCCC2. The van der Waals surface area contributed by atoms with Gasteiger partial charge in [0.05, 0.1) is 11.5 Å². The van der Waals surface area contributed by atoms with Crippen LogP contribution in [0.2, 0.25) is 0 Å². The summed E-state index contributed by atoms with van der Waals surface area (Å²) < 4.78 is 2.24. The van der Waals surface area contributed by atoms with Crippen molar-refractivity contribution in [3.05, 3.63) is 11.6 Å². The van der Waals surface area contributed by atoms with Crippen LogP contribution in [0.3, 0.4) is 0 Å². The van der Waals surface area contributed by atoms with Crippen molar-refractivity contribution in [2.24, 2.45) is 11.3 Å². The van der Waals surface area contributed by atoms with Crippen LogP contribution in [0.15, 0.2) is 0 Å². The van der Waals surface area contributed by atoms with E-state index in [4.69, 9.17) is 0 Å². The molecular formula is C18H29N5O. The summed E-state index contributed by atoms with van der Waals surface area (Å²) in [7, 11) is 0. The van der Waals surface area contributed by atoms with Crippen LogP contribution in [-0.4, -0.2) is 33.8 Å². The third kappa shape index (κ3) is 2.65. The molecule has 4 rings (SSSR count). The van der Waals surface area contributed by atoms with Gasteiger partial charge in [-0.3, -0.25) is 4.79 Å². The highest BCUT2D eigenvalue weighted by Gasteiger charge is 2.50. The van der Waals surface area contributed by atoms with Crippen LogP contribution in [0.25, 0.3) is 0 Å². The Morgan fingerprint density at radius 1 is 1.29 bits per heavy atom. The van der Waals surface area contributed by atoms with Crippen LogP contribution < -0.4 is 10.6 Å². The van der Waals surface area contributed by atoms with Crippen LogP contribution in [-0.2, 0) is 17.8 Å². The van der Waals surface area contributed by atoms with Gasteiger partial charge in [0.15, 0.2) is 5.82 Å². The molecule has 2 N–H and O–H groups in total. The molecule has 2 fully saturated rings. The van der Waals surface area contributed by atoms with Gasteiger partial charge in [-0.1, -0.05) is 19.3 Å². The Morgan fingerprint density at radius 2 is 2.21 bits per heavy atom. The molecule has 0 aromatic carbocycles. The van der Waals surface area contributed by atoms with Crippen molar-refractivity contribution in [3.63, 3.8) is 0 Å². The minimum absolute atomic E-state index is 0.0746. The number of carbonyl (C=O) groups excluding carboxylic acids is 1. The average Bonchev–Trinajstić information content (AvgIpc) is 3.13. The molecule has 3 atom stereocenters. The Kier molecular flexibility index (Phi) is 4.33. The lowest BCUT2D eigenvalue weighted by molar-refractivity contribution is -0.134. The first-order chi connectivity index (χ1) is 11.7. The van der Waals surface area contributed by atoms with Gasteiger partial charge >= 0.3 is 0 Å². The van der Waals surface area contributed by atoms with Gasteiger partial charge in [0, 0.05) is 19.5 Å². The van der Waals surface area contributed by atoms with E-state index in [0.29, 0.717) is 5.92 Å². The van der Waals surface area contributed by atoms with Gasteiger partial charge in [-0.15, -0.1) is 10.2 Å². The minimum Gasteiger partial charge on any atom is -0.346 e. The van der Waals surface area contributed by atoms with Crippen molar-refractivity contribution in [1.29, 1.82) is 0 Å². The van der Waals surface area contributed by atoms with E-state index in [1.165, 1.54) is 38.5 Å². The van der Waals surface area contributed by atoms with E-state index >= 15 is 0 Å². The number of fused-ring (bicyclic) bond motifs is 2. The molecule has 0 spiro atoms. The molecule has 3 aliphatic rings. The van der Waals surface area contributed by atoms with Crippen molar-refractivity contribution in [2.45, 2.75) is 70.9 Å². The van der Waals surface area contributed by atoms with Crippen LogP contribution in [0.1, 0.15) is 69.6 Å². The fourth-order valence-corrected chi connectivity index (χ4v) is 4.92. The highest BCUT2D eigenvalue weighted by Crippen LogP contribution is 2.44. The van der Waals surface area contributed by atoms with E-state index in [9.17, 15) is 4.79 Å². The predicted octanol–water partition coefficient (Wildman–Crippen LogP) is 1.96. The zero-order chi connectivity index (χ0) is 16.6. The van der Waals surface area contributed by atoms with Crippen molar-refractivity contribution in [2.75, 3.05) is 13.1 Å². The number of nitrogens with one attached hydrogen (secondary N) is 2. The van der Waals surface area contributed by atoms with Gasteiger partial charge in [-0.25, -0.2) is 0 Å². The molecule has 2 aliphatic heterocycles. The van der Waals surface area contributed by atoms with Crippen molar-refractivity contribution in [1.82, 2.24) is 25.4 Å². The Hall–Kier alpha value is -1.43. The maximum absolute atomic E-state index is 13.1. The summed E-state index contributed by atoms with van der Waals surface area (Å²) in [5, 5.41) is 15.5. The maximum atomic E-state index is 13.1. The summed E-state index contributed by atoms with van der Waals surface area (Å²) in [4.78, 5) is 13.1. The van der Waals surface area contributed by atoms with E-state index < -0.39 is 0 Å². The Bertz CT molecular complexity index is 613. The second-order valence-electron chi connectivity index (χ2n) is 7.86. The van der Waals surface area contributed by atoms with Crippen LogP contribution in [0.4, 0.5) is 0 Å². The van der Waals surface area contributed by atoms with Gasteiger partial charge in [0.2, 0.25) is 5.91 Å². The van der Waals surface area contributed by atoms with Crippen molar-refractivity contribution < 1.29 is 4.79 Å². The molecule has 0 bridgehead atoms. The zero-order valence-corrected chi connectivity index (χ0v) is 14.7. The van der Waals surface area contributed by atoms with Gasteiger partial charge in [0.25, 0.3) is 0 Å². The molecule has 1 amide bonds. The van der Waals surface area contributed by atoms with Crippen LogP contribution in [0, 0.1) is 11.3 Å². The normalized spacial score (nSPS) is 31.0. The van der Waals surface area contributed by atoms with Gasteiger partial charge in [-0.2, -0.15) is 0 Å². The molecule has 1 aliphatic carbocycles. The lowest BCUT2D eigenvalue weighted by Crippen LogP contribution is -2.48.